The van der Waals surface area contributed by atoms with Crippen LogP contribution in [-0.4, -0.2) is 23.5 Å². The molecule has 6 heteroatoms. The largest absolute Gasteiger partial charge is 0.497 e. The normalized spacial score (nSPS) is 11.0. The maximum absolute atomic E-state index is 11.5. The lowest BCUT2D eigenvalue weighted by Crippen LogP contribution is -2.17. The van der Waals surface area contributed by atoms with Crippen LogP contribution in [0.2, 0.25) is 0 Å². The molecule has 0 radical (unpaired) electrons. The van der Waals surface area contributed by atoms with Gasteiger partial charge in [0.2, 0.25) is 3.79 Å². The molecule has 0 spiro atoms. The minimum atomic E-state index is -1.60. The molecule has 0 heterocycles. The zero-order valence-electron chi connectivity index (χ0n) is 8.38. The monoisotopic (exact) mass is 282 g/mol. The Hall–Kier alpha value is -0.640. The highest BCUT2D eigenvalue weighted by Crippen LogP contribution is 2.26. The first-order valence-corrected chi connectivity index (χ1v) is 5.44. The molecule has 0 amide bonds. The molecule has 88 valence electrons. The zero-order chi connectivity index (χ0) is 12.2. The average Bonchev–Trinajstić information content (AvgIpc) is 2.25. The van der Waals surface area contributed by atoms with Crippen molar-refractivity contribution in [2.24, 2.45) is 0 Å². The second-order valence-electron chi connectivity index (χ2n) is 2.92. The number of hydrogen-bond donors (Lipinski definition) is 0. The third kappa shape index (κ3) is 4.47. The molecule has 1 aromatic carbocycles. The van der Waals surface area contributed by atoms with E-state index in [1.54, 1.807) is 24.3 Å². The van der Waals surface area contributed by atoms with Gasteiger partial charge in [0.05, 0.1) is 12.7 Å². The fourth-order valence-corrected chi connectivity index (χ4v) is 1.14. The molecular weight excluding hydrogens is 274 g/mol. The molecule has 16 heavy (non-hydrogen) atoms. The summed E-state index contributed by atoms with van der Waals surface area (Å²) in [5.41, 5.74) is 0.341. The number of hydrogen-bond acceptors (Lipinski definition) is 3. The summed E-state index contributed by atoms with van der Waals surface area (Å²) in [4.78, 5) is 11.5. The maximum Gasteiger partial charge on any atom is 0.338 e. The summed E-state index contributed by atoms with van der Waals surface area (Å²) in [5.74, 6) is -0.00596. The number of rotatable bonds is 3. The highest BCUT2D eigenvalue weighted by molar-refractivity contribution is 6.67. The van der Waals surface area contributed by atoms with E-state index >= 15 is 0 Å². The number of ether oxygens (including phenoxy) is 2. The van der Waals surface area contributed by atoms with E-state index in [0.29, 0.717) is 11.3 Å². The van der Waals surface area contributed by atoms with Gasteiger partial charge in [-0.1, -0.05) is 40.9 Å². The van der Waals surface area contributed by atoms with E-state index in [0.717, 1.165) is 0 Å². The smallest absolute Gasteiger partial charge is 0.338 e. The number of halogens is 3. The van der Waals surface area contributed by atoms with Crippen molar-refractivity contribution >= 4 is 40.8 Å². The van der Waals surface area contributed by atoms with Crippen LogP contribution in [0, 0.1) is 0 Å². The Morgan fingerprint density at radius 1 is 1.38 bits per heavy atom. The average molecular weight is 284 g/mol. The van der Waals surface area contributed by atoms with Gasteiger partial charge in [0, 0.05) is 0 Å². The summed E-state index contributed by atoms with van der Waals surface area (Å²) < 4.78 is 8.16. The Morgan fingerprint density at radius 2 is 2.06 bits per heavy atom. The number of esters is 1. The molecule has 0 aliphatic carbocycles. The molecular formula is C10H9Cl3O3. The first-order chi connectivity index (χ1) is 7.42. The van der Waals surface area contributed by atoms with Crippen LogP contribution in [0.5, 0.6) is 5.75 Å². The van der Waals surface area contributed by atoms with Gasteiger partial charge >= 0.3 is 5.97 Å². The summed E-state index contributed by atoms with van der Waals surface area (Å²) in [6, 6.07) is 6.51. The van der Waals surface area contributed by atoms with E-state index in [2.05, 4.69) is 0 Å². The molecule has 0 saturated heterocycles. The third-order valence-electron chi connectivity index (χ3n) is 1.67. The van der Waals surface area contributed by atoms with Gasteiger partial charge < -0.3 is 9.47 Å². The summed E-state index contributed by atoms with van der Waals surface area (Å²) in [6.07, 6.45) is 0. The molecule has 0 aromatic heterocycles. The topological polar surface area (TPSA) is 35.5 Å². The molecule has 3 nitrogen and oxygen atoms in total. The van der Waals surface area contributed by atoms with Crippen LogP contribution in [0.15, 0.2) is 24.3 Å². The standard InChI is InChI=1S/C10H9Cl3O3/c1-15-8-4-2-3-7(5-8)9(14)16-6-10(11,12)13/h2-5H,6H2,1H3. The quantitative estimate of drug-likeness (QED) is 0.631. The summed E-state index contributed by atoms with van der Waals surface area (Å²) in [5, 5.41) is 0. The highest BCUT2D eigenvalue weighted by atomic mass is 35.6. The Balaban J connectivity index is 2.66. The molecule has 0 fully saturated rings. The molecule has 0 aliphatic rings. The van der Waals surface area contributed by atoms with Gasteiger partial charge in [0.25, 0.3) is 0 Å². The van der Waals surface area contributed by atoms with Gasteiger partial charge in [0.1, 0.15) is 12.4 Å². The van der Waals surface area contributed by atoms with Crippen molar-refractivity contribution < 1.29 is 14.3 Å². The van der Waals surface area contributed by atoms with Crippen LogP contribution < -0.4 is 4.74 Å². The zero-order valence-corrected chi connectivity index (χ0v) is 10.6. The minimum Gasteiger partial charge on any atom is -0.497 e. The van der Waals surface area contributed by atoms with E-state index in [4.69, 9.17) is 44.3 Å². The van der Waals surface area contributed by atoms with Gasteiger partial charge in [-0.05, 0) is 18.2 Å². The Labute approximate surface area is 108 Å². The van der Waals surface area contributed by atoms with Crippen LogP contribution in [0.25, 0.3) is 0 Å². The molecule has 1 rings (SSSR count). The minimum absolute atomic E-state index is 0.298. The lowest BCUT2D eigenvalue weighted by atomic mass is 10.2. The first-order valence-electron chi connectivity index (χ1n) is 4.30. The Kier molecular flexibility index (Phi) is 4.71. The number of methoxy groups -OCH3 is 1. The number of alkyl halides is 3. The van der Waals surface area contributed by atoms with E-state index in [1.807, 2.05) is 0 Å². The van der Waals surface area contributed by atoms with Crippen molar-refractivity contribution in [3.05, 3.63) is 29.8 Å². The molecule has 0 saturated carbocycles. The number of carbonyl (C=O) groups excluding carboxylic acids is 1. The molecule has 0 aliphatic heterocycles. The lowest BCUT2D eigenvalue weighted by Gasteiger charge is -2.11. The second kappa shape index (κ2) is 5.62. The van der Waals surface area contributed by atoms with E-state index in [-0.39, 0.29) is 6.61 Å². The first kappa shape index (κ1) is 13.4. The molecule has 0 atom stereocenters. The van der Waals surface area contributed by atoms with E-state index in [9.17, 15) is 4.79 Å². The fourth-order valence-electron chi connectivity index (χ4n) is 0.981. The van der Waals surface area contributed by atoms with Crippen molar-refractivity contribution in [2.45, 2.75) is 3.79 Å². The Bertz CT molecular complexity index is 374. The van der Waals surface area contributed by atoms with Gasteiger partial charge in [-0.3, -0.25) is 0 Å². The van der Waals surface area contributed by atoms with Crippen LogP contribution >= 0.6 is 34.8 Å². The van der Waals surface area contributed by atoms with Gasteiger partial charge in [0.15, 0.2) is 0 Å². The number of carbonyl (C=O) groups is 1. The van der Waals surface area contributed by atoms with Crippen LogP contribution in [0.4, 0.5) is 0 Å². The van der Waals surface area contributed by atoms with Crippen LogP contribution in [-0.2, 0) is 4.74 Å². The maximum atomic E-state index is 11.5. The predicted molar refractivity (Wildman–Crippen MR) is 63.6 cm³/mol. The van der Waals surface area contributed by atoms with Crippen LogP contribution in [0.1, 0.15) is 10.4 Å². The lowest BCUT2D eigenvalue weighted by molar-refractivity contribution is 0.0511. The van der Waals surface area contributed by atoms with Gasteiger partial charge in [-0.2, -0.15) is 0 Å². The molecule has 0 unspecified atom stereocenters. The molecule has 0 N–H and O–H groups in total. The SMILES string of the molecule is COc1cccc(C(=O)OCC(Cl)(Cl)Cl)c1. The summed E-state index contributed by atoms with van der Waals surface area (Å²) in [6.45, 7) is -0.298. The van der Waals surface area contributed by atoms with Crippen molar-refractivity contribution in [2.75, 3.05) is 13.7 Å². The second-order valence-corrected chi connectivity index (χ2v) is 5.44. The molecule has 0 bridgehead atoms. The van der Waals surface area contributed by atoms with Crippen molar-refractivity contribution in [3.8, 4) is 5.75 Å². The number of benzene rings is 1. The van der Waals surface area contributed by atoms with Gasteiger partial charge in [-0.15, -0.1) is 0 Å². The predicted octanol–water partition coefficient (Wildman–Crippen LogP) is 3.22. The van der Waals surface area contributed by atoms with E-state index < -0.39 is 9.76 Å². The van der Waals surface area contributed by atoms with Crippen molar-refractivity contribution in [1.82, 2.24) is 0 Å². The summed E-state index contributed by atoms with van der Waals surface area (Å²) >= 11 is 16.4. The fraction of sp³-hybridized carbons (Fsp3) is 0.300. The van der Waals surface area contributed by atoms with E-state index in [1.165, 1.54) is 7.11 Å². The van der Waals surface area contributed by atoms with Crippen molar-refractivity contribution in [3.63, 3.8) is 0 Å². The Morgan fingerprint density at radius 3 is 2.62 bits per heavy atom. The van der Waals surface area contributed by atoms with Crippen LogP contribution in [0.3, 0.4) is 0 Å². The third-order valence-corrected chi connectivity index (χ3v) is 2.00. The highest BCUT2D eigenvalue weighted by Gasteiger charge is 2.22. The molecule has 1 aromatic rings. The summed E-state index contributed by atoms with van der Waals surface area (Å²) in [7, 11) is 1.51. The van der Waals surface area contributed by atoms with Gasteiger partial charge in [-0.25, -0.2) is 4.79 Å². The van der Waals surface area contributed by atoms with Crippen molar-refractivity contribution in [1.29, 1.82) is 0 Å².